The molecule has 2 aromatic carbocycles. The predicted octanol–water partition coefficient (Wildman–Crippen LogP) is 3.09. The van der Waals surface area contributed by atoms with Crippen molar-refractivity contribution in [3.63, 3.8) is 0 Å². The molecule has 0 unspecified atom stereocenters. The van der Waals surface area contributed by atoms with Crippen LogP contribution in [0.3, 0.4) is 0 Å². The molecular weight excluding hydrogens is 346 g/mol. The van der Waals surface area contributed by atoms with Crippen molar-refractivity contribution < 1.29 is 19.1 Å². The number of urea groups is 1. The molecule has 0 spiro atoms. The highest BCUT2D eigenvalue weighted by atomic mass is 16.5. The second-order valence-electron chi connectivity index (χ2n) is 5.79. The summed E-state index contributed by atoms with van der Waals surface area (Å²) in [6, 6.07) is 11.7. The molecule has 142 valence electrons. The van der Waals surface area contributed by atoms with Gasteiger partial charge in [0.2, 0.25) is 5.91 Å². The molecule has 0 saturated carbocycles. The zero-order valence-corrected chi connectivity index (χ0v) is 15.5. The molecule has 3 amide bonds. The van der Waals surface area contributed by atoms with Crippen molar-refractivity contribution in [2.45, 2.75) is 13.0 Å². The van der Waals surface area contributed by atoms with E-state index < -0.39 is 6.03 Å². The molecule has 2 aromatic rings. The number of carbonyl (C=O) groups excluding carboxylic acids is 2. The second kappa shape index (κ2) is 9.28. The number of benzene rings is 2. The number of rotatable bonds is 7. The molecule has 4 N–H and O–H groups in total. The molecule has 0 aliphatic carbocycles. The Morgan fingerprint density at radius 1 is 1.04 bits per heavy atom. The fraction of sp³-hybridized carbons (Fsp3) is 0.200. The normalized spacial score (nSPS) is 11.7. The van der Waals surface area contributed by atoms with Crippen molar-refractivity contribution in [2.75, 3.05) is 19.5 Å². The van der Waals surface area contributed by atoms with Gasteiger partial charge in [0, 0.05) is 11.8 Å². The summed E-state index contributed by atoms with van der Waals surface area (Å²) in [6.07, 6.45) is 3.16. The first-order valence-corrected chi connectivity index (χ1v) is 8.30. The quantitative estimate of drug-likeness (QED) is 0.653. The van der Waals surface area contributed by atoms with Crippen LogP contribution < -0.4 is 25.8 Å². The Balaban J connectivity index is 1.98. The monoisotopic (exact) mass is 369 g/mol. The fourth-order valence-corrected chi connectivity index (χ4v) is 2.47. The van der Waals surface area contributed by atoms with Gasteiger partial charge in [0.15, 0.2) is 11.5 Å². The van der Waals surface area contributed by atoms with Crippen LogP contribution in [0, 0.1) is 0 Å². The minimum Gasteiger partial charge on any atom is -0.493 e. The minimum atomic E-state index is -0.621. The minimum absolute atomic E-state index is 0.199. The van der Waals surface area contributed by atoms with Crippen LogP contribution in [0.2, 0.25) is 0 Å². The highest BCUT2D eigenvalue weighted by molar-refractivity contribution is 5.92. The Hall–Kier alpha value is -3.48. The predicted molar refractivity (Wildman–Crippen MR) is 105 cm³/mol. The first kappa shape index (κ1) is 19.8. The molecule has 27 heavy (non-hydrogen) atoms. The standard InChI is InChI=1S/C20H23N3O4/c1-13(15-6-8-16(9-7-15)23-20(21)25)22-19(24)11-5-14-4-10-17(26-2)18(12-14)27-3/h4-13H,1-3H3,(H,22,24)(H3,21,23,25)/b11-5+/t13-/m1/s1. The third-order valence-electron chi connectivity index (χ3n) is 3.87. The molecule has 7 heteroatoms. The molecule has 0 radical (unpaired) electrons. The van der Waals surface area contributed by atoms with Crippen molar-refractivity contribution in [3.05, 3.63) is 59.7 Å². The van der Waals surface area contributed by atoms with Gasteiger partial charge in [0.25, 0.3) is 0 Å². The van der Waals surface area contributed by atoms with Gasteiger partial charge in [-0.3, -0.25) is 4.79 Å². The third kappa shape index (κ3) is 5.78. The molecular formula is C20H23N3O4. The van der Waals surface area contributed by atoms with Gasteiger partial charge >= 0.3 is 6.03 Å². The van der Waals surface area contributed by atoms with E-state index in [4.69, 9.17) is 15.2 Å². The summed E-state index contributed by atoms with van der Waals surface area (Å²) in [7, 11) is 3.13. The van der Waals surface area contributed by atoms with Gasteiger partial charge in [0.05, 0.1) is 20.3 Å². The summed E-state index contributed by atoms with van der Waals surface area (Å²) in [6.45, 7) is 1.87. The number of ether oxygens (including phenoxy) is 2. The van der Waals surface area contributed by atoms with Crippen LogP contribution >= 0.6 is 0 Å². The van der Waals surface area contributed by atoms with E-state index in [-0.39, 0.29) is 11.9 Å². The Bertz CT molecular complexity index is 832. The van der Waals surface area contributed by atoms with Gasteiger partial charge in [-0.1, -0.05) is 18.2 Å². The topological polar surface area (TPSA) is 103 Å². The molecule has 0 aromatic heterocycles. The first-order valence-electron chi connectivity index (χ1n) is 8.30. The lowest BCUT2D eigenvalue weighted by Gasteiger charge is -2.13. The van der Waals surface area contributed by atoms with E-state index in [1.807, 2.05) is 25.1 Å². The van der Waals surface area contributed by atoms with E-state index in [0.29, 0.717) is 17.2 Å². The number of nitrogens with two attached hydrogens (primary N) is 1. The number of methoxy groups -OCH3 is 2. The molecule has 2 rings (SSSR count). The maximum Gasteiger partial charge on any atom is 0.316 e. The first-order chi connectivity index (χ1) is 12.9. The van der Waals surface area contributed by atoms with Crippen LogP contribution in [-0.2, 0) is 4.79 Å². The Morgan fingerprint density at radius 3 is 2.30 bits per heavy atom. The summed E-state index contributed by atoms with van der Waals surface area (Å²) in [5, 5.41) is 5.37. The average molecular weight is 369 g/mol. The number of nitrogens with one attached hydrogen (secondary N) is 2. The van der Waals surface area contributed by atoms with Crippen LogP contribution in [0.15, 0.2) is 48.5 Å². The van der Waals surface area contributed by atoms with Gasteiger partial charge in [-0.05, 0) is 48.4 Å². The van der Waals surface area contributed by atoms with Gasteiger partial charge in [-0.2, -0.15) is 0 Å². The lowest BCUT2D eigenvalue weighted by Crippen LogP contribution is -2.24. The summed E-state index contributed by atoms with van der Waals surface area (Å²) in [5.41, 5.74) is 7.39. The summed E-state index contributed by atoms with van der Waals surface area (Å²) in [4.78, 5) is 23.0. The molecule has 0 heterocycles. The van der Waals surface area contributed by atoms with Gasteiger partial charge in [-0.25, -0.2) is 4.79 Å². The zero-order chi connectivity index (χ0) is 19.8. The molecule has 7 nitrogen and oxygen atoms in total. The number of anilines is 1. The smallest absolute Gasteiger partial charge is 0.316 e. The van der Waals surface area contributed by atoms with Crippen molar-refractivity contribution in [1.29, 1.82) is 0 Å². The number of primary amides is 1. The van der Waals surface area contributed by atoms with Crippen LogP contribution in [-0.4, -0.2) is 26.2 Å². The maximum absolute atomic E-state index is 12.2. The fourth-order valence-electron chi connectivity index (χ4n) is 2.47. The molecule has 0 bridgehead atoms. The van der Waals surface area contributed by atoms with Crippen molar-refractivity contribution in [1.82, 2.24) is 5.32 Å². The lowest BCUT2D eigenvalue weighted by molar-refractivity contribution is -0.117. The van der Waals surface area contributed by atoms with Crippen LogP contribution in [0.4, 0.5) is 10.5 Å². The molecule has 0 saturated heterocycles. The van der Waals surface area contributed by atoms with Crippen LogP contribution in [0.25, 0.3) is 6.08 Å². The van der Waals surface area contributed by atoms with Crippen molar-refractivity contribution in [2.24, 2.45) is 5.73 Å². The van der Waals surface area contributed by atoms with Crippen LogP contribution in [0.5, 0.6) is 11.5 Å². The zero-order valence-electron chi connectivity index (χ0n) is 15.5. The highest BCUT2D eigenvalue weighted by Crippen LogP contribution is 2.28. The summed E-state index contributed by atoms with van der Waals surface area (Å²) >= 11 is 0. The SMILES string of the molecule is COc1ccc(/C=C/C(=O)N[C@H](C)c2ccc(NC(N)=O)cc2)cc1OC. The number of carbonyl (C=O) groups is 2. The van der Waals surface area contributed by atoms with Gasteiger partial charge in [0.1, 0.15) is 0 Å². The molecule has 0 aliphatic rings. The highest BCUT2D eigenvalue weighted by Gasteiger charge is 2.08. The van der Waals surface area contributed by atoms with E-state index in [2.05, 4.69) is 10.6 Å². The van der Waals surface area contributed by atoms with Crippen molar-refractivity contribution >= 4 is 23.7 Å². The number of hydrogen-bond donors (Lipinski definition) is 3. The number of amides is 3. The maximum atomic E-state index is 12.2. The Labute approximate surface area is 158 Å². The van der Waals surface area contributed by atoms with E-state index >= 15 is 0 Å². The summed E-state index contributed by atoms with van der Waals surface area (Å²) in [5.74, 6) is 0.997. The molecule has 0 aliphatic heterocycles. The van der Waals surface area contributed by atoms with E-state index in [0.717, 1.165) is 11.1 Å². The second-order valence-corrected chi connectivity index (χ2v) is 5.79. The third-order valence-corrected chi connectivity index (χ3v) is 3.87. The Kier molecular flexibility index (Phi) is 6.82. The van der Waals surface area contributed by atoms with Crippen LogP contribution in [0.1, 0.15) is 24.1 Å². The average Bonchev–Trinajstić information content (AvgIpc) is 2.66. The van der Waals surface area contributed by atoms with E-state index in [9.17, 15) is 9.59 Å². The van der Waals surface area contributed by atoms with Gasteiger partial charge < -0.3 is 25.8 Å². The largest absolute Gasteiger partial charge is 0.493 e. The van der Waals surface area contributed by atoms with Gasteiger partial charge in [-0.15, -0.1) is 0 Å². The van der Waals surface area contributed by atoms with E-state index in [1.54, 1.807) is 44.6 Å². The number of hydrogen-bond acceptors (Lipinski definition) is 4. The molecule has 1 atom stereocenters. The summed E-state index contributed by atoms with van der Waals surface area (Å²) < 4.78 is 10.4. The Morgan fingerprint density at radius 2 is 1.70 bits per heavy atom. The van der Waals surface area contributed by atoms with E-state index in [1.165, 1.54) is 6.08 Å². The lowest BCUT2D eigenvalue weighted by atomic mass is 10.1. The molecule has 0 fully saturated rings. The van der Waals surface area contributed by atoms with Crippen molar-refractivity contribution in [3.8, 4) is 11.5 Å².